The van der Waals surface area contributed by atoms with Crippen LogP contribution in [0.25, 0.3) is 10.7 Å². The number of carbonyl (C=O) groups excluding carboxylic acids is 1. The quantitative estimate of drug-likeness (QED) is 0.723. The van der Waals surface area contributed by atoms with Crippen molar-refractivity contribution in [1.82, 2.24) is 25.5 Å². The zero-order chi connectivity index (χ0) is 16.1. The van der Waals surface area contributed by atoms with Crippen molar-refractivity contribution in [3.05, 3.63) is 47.2 Å². The monoisotopic (exact) mass is 329 g/mol. The minimum atomic E-state index is -0.220. The minimum Gasteiger partial charge on any atom is -0.478 e. The van der Waals surface area contributed by atoms with E-state index in [-0.39, 0.29) is 12.5 Å². The molecule has 7 nitrogen and oxygen atoms in total. The lowest BCUT2D eigenvalue weighted by atomic mass is 10.2. The molecule has 0 radical (unpaired) electrons. The van der Waals surface area contributed by atoms with E-state index in [2.05, 4.69) is 25.5 Å². The molecule has 1 amide bonds. The minimum absolute atomic E-state index is 0.220. The van der Waals surface area contributed by atoms with Crippen LogP contribution in [0.4, 0.5) is 0 Å². The second-order valence-electron chi connectivity index (χ2n) is 4.58. The Labute approximate surface area is 136 Å². The molecule has 3 rings (SSSR count). The number of hydrogen-bond donors (Lipinski definition) is 2. The Morgan fingerprint density at radius 1 is 1.43 bits per heavy atom. The molecule has 3 heterocycles. The molecule has 0 aliphatic heterocycles. The van der Waals surface area contributed by atoms with E-state index >= 15 is 0 Å². The zero-order valence-electron chi connectivity index (χ0n) is 12.4. The van der Waals surface area contributed by atoms with Gasteiger partial charge >= 0.3 is 0 Å². The van der Waals surface area contributed by atoms with Crippen molar-refractivity contribution in [2.45, 2.75) is 13.5 Å². The predicted octanol–water partition coefficient (Wildman–Crippen LogP) is 2.26. The van der Waals surface area contributed by atoms with Crippen molar-refractivity contribution < 1.29 is 9.53 Å². The lowest BCUT2D eigenvalue weighted by molar-refractivity contribution is 0.0949. The Kier molecular flexibility index (Phi) is 4.62. The van der Waals surface area contributed by atoms with Crippen molar-refractivity contribution in [2.75, 3.05) is 6.61 Å². The highest BCUT2D eigenvalue weighted by Gasteiger charge is 2.10. The van der Waals surface area contributed by atoms with Crippen LogP contribution >= 0.6 is 11.3 Å². The van der Waals surface area contributed by atoms with Gasteiger partial charge in [-0.05, 0) is 24.4 Å². The third kappa shape index (κ3) is 3.72. The Bertz CT molecular complexity index is 785. The summed E-state index contributed by atoms with van der Waals surface area (Å²) in [5.41, 5.74) is 0.487. The first-order chi connectivity index (χ1) is 11.3. The van der Waals surface area contributed by atoms with Gasteiger partial charge in [0.1, 0.15) is 5.82 Å². The van der Waals surface area contributed by atoms with Crippen molar-refractivity contribution in [2.24, 2.45) is 0 Å². The summed E-state index contributed by atoms with van der Waals surface area (Å²) in [6, 6.07) is 7.13. The van der Waals surface area contributed by atoms with Gasteiger partial charge in [0.15, 0.2) is 5.82 Å². The van der Waals surface area contributed by atoms with Gasteiger partial charge < -0.3 is 10.1 Å². The number of ether oxygens (including phenoxy) is 1. The van der Waals surface area contributed by atoms with Gasteiger partial charge in [-0.25, -0.2) is 9.97 Å². The maximum atomic E-state index is 12.2. The molecule has 0 aliphatic carbocycles. The molecule has 118 valence electrons. The van der Waals surface area contributed by atoms with Crippen molar-refractivity contribution in [3.8, 4) is 16.6 Å². The molecule has 3 aromatic rings. The van der Waals surface area contributed by atoms with E-state index in [1.54, 1.807) is 29.7 Å². The summed E-state index contributed by atoms with van der Waals surface area (Å²) < 4.78 is 5.29. The molecular formula is C15H15N5O2S. The Hall–Kier alpha value is -2.74. The van der Waals surface area contributed by atoms with Gasteiger partial charge in [-0.15, -0.1) is 11.3 Å². The molecule has 0 bridgehead atoms. The Morgan fingerprint density at radius 2 is 2.35 bits per heavy atom. The number of carbonyl (C=O) groups is 1. The molecule has 8 heteroatoms. The molecular weight excluding hydrogens is 314 g/mol. The van der Waals surface area contributed by atoms with Crippen molar-refractivity contribution in [3.63, 3.8) is 0 Å². The van der Waals surface area contributed by atoms with E-state index in [9.17, 15) is 4.79 Å². The molecule has 0 unspecified atom stereocenters. The first kappa shape index (κ1) is 15.2. The highest BCUT2D eigenvalue weighted by molar-refractivity contribution is 7.13. The van der Waals surface area contributed by atoms with E-state index in [1.807, 2.05) is 24.4 Å². The van der Waals surface area contributed by atoms with E-state index in [0.717, 1.165) is 4.88 Å². The van der Waals surface area contributed by atoms with Crippen LogP contribution in [0, 0.1) is 0 Å². The normalized spacial score (nSPS) is 10.5. The second-order valence-corrected chi connectivity index (χ2v) is 5.53. The van der Waals surface area contributed by atoms with Gasteiger partial charge in [0, 0.05) is 17.8 Å². The number of amides is 1. The van der Waals surface area contributed by atoms with Crippen LogP contribution in [-0.4, -0.2) is 32.7 Å². The fraction of sp³-hybridized carbons (Fsp3) is 0.200. The zero-order valence-corrected chi connectivity index (χ0v) is 13.3. The second kappa shape index (κ2) is 7.01. The largest absolute Gasteiger partial charge is 0.478 e. The summed E-state index contributed by atoms with van der Waals surface area (Å²) in [6.45, 7) is 2.63. The van der Waals surface area contributed by atoms with Crippen LogP contribution in [0.15, 0.2) is 35.8 Å². The van der Waals surface area contributed by atoms with Gasteiger partial charge in [0.2, 0.25) is 5.88 Å². The Morgan fingerprint density at radius 3 is 3.13 bits per heavy atom. The maximum absolute atomic E-state index is 12.2. The molecule has 0 fully saturated rings. The Balaban J connectivity index is 1.62. The number of nitrogens with one attached hydrogen (secondary N) is 2. The summed E-state index contributed by atoms with van der Waals surface area (Å²) in [5.74, 6) is 1.44. The van der Waals surface area contributed by atoms with E-state index in [1.165, 1.54) is 0 Å². The number of pyridine rings is 1. The maximum Gasteiger partial charge on any atom is 0.251 e. The highest BCUT2D eigenvalue weighted by Crippen LogP contribution is 2.20. The number of aromatic amines is 1. The number of hydrogen-bond acceptors (Lipinski definition) is 6. The van der Waals surface area contributed by atoms with Crippen LogP contribution in [0.2, 0.25) is 0 Å². The molecule has 0 aromatic carbocycles. The summed E-state index contributed by atoms with van der Waals surface area (Å²) in [4.78, 5) is 21.5. The van der Waals surface area contributed by atoms with Crippen LogP contribution in [0.3, 0.4) is 0 Å². The van der Waals surface area contributed by atoms with Crippen LogP contribution in [0.5, 0.6) is 5.88 Å². The third-order valence-corrected chi connectivity index (χ3v) is 3.84. The summed E-state index contributed by atoms with van der Waals surface area (Å²) in [5, 5.41) is 11.7. The number of H-pyrrole nitrogens is 1. The number of thiophene rings is 1. The molecule has 0 saturated carbocycles. The standard InChI is InChI=1S/C15H15N5O2S/c1-2-22-13-8-10(5-6-16-13)15(21)17-9-12-18-14(20-19-12)11-4-3-7-23-11/h3-8H,2,9H2,1H3,(H,17,21)(H,18,19,20). The van der Waals surface area contributed by atoms with Gasteiger partial charge in [-0.3, -0.25) is 9.89 Å². The predicted molar refractivity (Wildman–Crippen MR) is 86.3 cm³/mol. The lowest BCUT2D eigenvalue weighted by Crippen LogP contribution is -2.23. The smallest absolute Gasteiger partial charge is 0.251 e. The fourth-order valence-electron chi connectivity index (χ4n) is 1.93. The molecule has 0 atom stereocenters. The highest BCUT2D eigenvalue weighted by atomic mass is 32.1. The van der Waals surface area contributed by atoms with Crippen molar-refractivity contribution in [1.29, 1.82) is 0 Å². The molecule has 23 heavy (non-hydrogen) atoms. The average Bonchev–Trinajstić information content (AvgIpc) is 3.24. The van der Waals surface area contributed by atoms with Crippen LogP contribution < -0.4 is 10.1 Å². The van der Waals surface area contributed by atoms with Crippen LogP contribution in [0.1, 0.15) is 23.1 Å². The van der Waals surface area contributed by atoms with E-state index in [0.29, 0.717) is 29.7 Å². The van der Waals surface area contributed by atoms with Gasteiger partial charge in [-0.1, -0.05) is 6.07 Å². The summed E-state index contributed by atoms with van der Waals surface area (Å²) >= 11 is 1.56. The first-order valence-electron chi connectivity index (χ1n) is 7.08. The number of rotatable bonds is 6. The van der Waals surface area contributed by atoms with Crippen LogP contribution in [-0.2, 0) is 6.54 Å². The summed E-state index contributed by atoms with van der Waals surface area (Å²) in [6.07, 6.45) is 1.54. The van der Waals surface area contributed by atoms with Gasteiger partial charge in [0.05, 0.1) is 18.0 Å². The van der Waals surface area contributed by atoms with Crippen molar-refractivity contribution >= 4 is 17.2 Å². The SMILES string of the molecule is CCOc1cc(C(=O)NCc2nc(-c3cccs3)n[nH]2)ccn1. The number of nitrogens with zero attached hydrogens (tertiary/aromatic N) is 3. The molecule has 2 N–H and O–H groups in total. The van der Waals surface area contributed by atoms with Gasteiger partial charge in [0.25, 0.3) is 5.91 Å². The van der Waals surface area contributed by atoms with Gasteiger partial charge in [-0.2, -0.15) is 5.10 Å². The molecule has 0 aliphatic rings. The molecule has 0 saturated heterocycles. The first-order valence-corrected chi connectivity index (χ1v) is 7.96. The fourth-order valence-corrected chi connectivity index (χ4v) is 2.59. The third-order valence-electron chi connectivity index (χ3n) is 2.98. The summed E-state index contributed by atoms with van der Waals surface area (Å²) in [7, 11) is 0. The molecule has 0 spiro atoms. The van der Waals surface area contributed by atoms with E-state index < -0.39 is 0 Å². The lowest BCUT2D eigenvalue weighted by Gasteiger charge is -2.05. The topological polar surface area (TPSA) is 92.8 Å². The van der Waals surface area contributed by atoms with E-state index in [4.69, 9.17) is 4.74 Å². The molecule has 3 aromatic heterocycles. The number of aromatic nitrogens is 4. The average molecular weight is 329 g/mol.